The Morgan fingerprint density at radius 2 is 1.90 bits per heavy atom. The summed E-state index contributed by atoms with van der Waals surface area (Å²) in [5.41, 5.74) is 0.316. The van der Waals surface area contributed by atoms with Crippen molar-refractivity contribution in [3.63, 3.8) is 0 Å². The van der Waals surface area contributed by atoms with Crippen LogP contribution in [-0.2, 0) is 0 Å². The number of hydrogen-bond acceptors (Lipinski definition) is 1. The third-order valence-electron chi connectivity index (χ3n) is 1.14. The number of halogens is 1. The maximum Gasteiger partial charge on any atom is 0.0906 e. The standard InChI is InChI=1S/C8H18FN/c1-8(2,3)7-10-6-4-5-9/h10H,4-7H2,1-3H3. The highest BCUT2D eigenvalue weighted by Gasteiger charge is 2.07. The van der Waals surface area contributed by atoms with Crippen LogP contribution in [0.2, 0.25) is 0 Å². The molecule has 0 bridgehead atoms. The number of rotatable bonds is 4. The minimum atomic E-state index is -0.211. The van der Waals surface area contributed by atoms with Crippen molar-refractivity contribution in [3.05, 3.63) is 0 Å². The summed E-state index contributed by atoms with van der Waals surface area (Å²) in [5.74, 6) is 0. The predicted molar refractivity (Wildman–Crippen MR) is 42.9 cm³/mol. The minimum Gasteiger partial charge on any atom is -0.316 e. The summed E-state index contributed by atoms with van der Waals surface area (Å²) in [5, 5.41) is 3.19. The molecule has 0 spiro atoms. The van der Waals surface area contributed by atoms with Crippen LogP contribution in [0.4, 0.5) is 4.39 Å². The quantitative estimate of drug-likeness (QED) is 0.599. The summed E-state index contributed by atoms with van der Waals surface area (Å²) in [6.07, 6.45) is 0.635. The Bertz CT molecular complexity index is 75.8. The van der Waals surface area contributed by atoms with Crippen LogP contribution < -0.4 is 5.32 Å². The van der Waals surface area contributed by atoms with Gasteiger partial charge in [-0.15, -0.1) is 0 Å². The van der Waals surface area contributed by atoms with Crippen molar-refractivity contribution in [2.45, 2.75) is 27.2 Å². The maximum absolute atomic E-state index is 11.6. The van der Waals surface area contributed by atoms with E-state index in [4.69, 9.17) is 0 Å². The molecule has 0 fully saturated rings. The van der Waals surface area contributed by atoms with Crippen molar-refractivity contribution in [3.8, 4) is 0 Å². The Labute approximate surface area is 63.0 Å². The summed E-state index contributed by atoms with van der Waals surface area (Å²) in [4.78, 5) is 0. The second kappa shape index (κ2) is 4.67. The van der Waals surface area contributed by atoms with E-state index >= 15 is 0 Å². The van der Waals surface area contributed by atoms with Gasteiger partial charge in [-0.2, -0.15) is 0 Å². The first-order valence-electron chi connectivity index (χ1n) is 3.83. The molecule has 1 nitrogen and oxygen atoms in total. The van der Waals surface area contributed by atoms with E-state index in [-0.39, 0.29) is 6.67 Å². The average molecular weight is 147 g/mol. The van der Waals surface area contributed by atoms with Gasteiger partial charge in [0.05, 0.1) is 6.67 Å². The largest absolute Gasteiger partial charge is 0.316 e. The maximum atomic E-state index is 11.6. The SMILES string of the molecule is CC(C)(C)CNCCCF. The lowest BCUT2D eigenvalue weighted by Gasteiger charge is -2.18. The Morgan fingerprint density at radius 1 is 1.30 bits per heavy atom. The van der Waals surface area contributed by atoms with Gasteiger partial charge in [0.2, 0.25) is 0 Å². The van der Waals surface area contributed by atoms with E-state index in [0.29, 0.717) is 11.8 Å². The zero-order valence-electron chi connectivity index (χ0n) is 7.21. The molecule has 0 aliphatic rings. The summed E-state index contributed by atoms with van der Waals surface area (Å²) in [7, 11) is 0. The number of nitrogens with one attached hydrogen (secondary N) is 1. The van der Waals surface area contributed by atoms with Crippen LogP contribution in [0.25, 0.3) is 0 Å². The third kappa shape index (κ3) is 7.89. The van der Waals surface area contributed by atoms with Gasteiger partial charge in [0.25, 0.3) is 0 Å². The Balaban J connectivity index is 3.04. The van der Waals surface area contributed by atoms with Gasteiger partial charge in [-0.05, 0) is 24.9 Å². The molecule has 0 rings (SSSR count). The Morgan fingerprint density at radius 3 is 2.30 bits per heavy atom. The second-order valence-electron chi connectivity index (χ2n) is 3.78. The van der Waals surface area contributed by atoms with E-state index in [1.54, 1.807) is 0 Å². The van der Waals surface area contributed by atoms with Crippen molar-refractivity contribution >= 4 is 0 Å². The number of hydrogen-bond donors (Lipinski definition) is 1. The van der Waals surface area contributed by atoms with Gasteiger partial charge in [-0.3, -0.25) is 4.39 Å². The lowest BCUT2D eigenvalue weighted by atomic mass is 9.97. The van der Waals surface area contributed by atoms with Crippen LogP contribution in [0.15, 0.2) is 0 Å². The third-order valence-corrected chi connectivity index (χ3v) is 1.14. The van der Waals surface area contributed by atoms with Crippen molar-refractivity contribution in [2.75, 3.05) is 19.8 Å². The monoisotopic (exact) mass is 147 g/mol. The molecule has 0 aliphatic carbocycles. The van der Waals surface area contributed by atoms with Crippen molar-refractivity contribution in [2.24, 2.45) is 5.41 Å². The molecular weight excluding hydrogens is 129 g/mol. The van der Waals surface area contributed by atoms with Crippen molar-refractivity contribution < 1.29 is 4.39 Å². The molecule has 62 valence electrons. The first-order chi connectivity index (χ1) is 4.56. The molecule has 1 N–H and O–H groups in total. The fraction of sp³-hybridized carbons (Fsp3) is 1.00. The summed E-state index contributed by atoms with van der Waals surface area (Å²) < 4.78 is 11.6. The first kappa shape index (κ1) is 9.89. The molecule has 0 aromatic rings. The predicted octanol–water partition coefficient (Wildman–Crippen LogP) is 1.98. The topological polar surface area (TPSA) is 12.0 Å². The fourth-order valence-electron chi connectivity index (χ4n) is 0.655. The molecule has 0 atom stereocenters. The van der Waals surface area contributed by atoms with Crippen LogP contribution in [-0.4, -0.2) is 19.8 Å². The highest BCUT2D eigenvalue weighted by atomic mass is 19.1. The average Bonchev–Trinajstić information content (AvgIpc) is 1.78. The van der Waals surface area contributed by atoms with E-state index in [0.717, 1.165) is 13.1 Å². The highest BCUT2D eigenvalue weighted by Crippen LogP contribution is 2.09. The van der Waals surface area contributed by atoms with Gasteiger partial charge >= 0.3 is 0 Å². The lowest BCUT2D eigenvalue weighted by Crippen LogP contribution is -2.27. The van der Waals surface area contributed by atoms with Crippen LogP contribution in [0, 0.1) is 5.41 Å². The van der Waals surface area contributed by atoms with Gasteiger partial charge in [-0.1, -0.05) is 20.8 Å². The van der Waals surface area contributed by atoms with E-state index in [1.807, 2.05) is 0 Å². The summed E-state index contributed by atoms with van der Waals surface area (Å²) >= 11 is 0. The molecule has 0 saturated carbocycles. The molecule has 0 aromatic heterocycles. The zero-order chi connectivity index (χ0) is 8.04. The van der Waals surface area contributed by atoms with Gasteiger partial charge < -0.3 is 5.32 Å². The molecule has 2 heteroatoms. The minimum absolute atomic E-state index is 0.211. The molecule has 0 amide bonds. The molecule has 0 aliphatic heterocycles. The molecule has 0 radical (unpaired) electrons. The van der Waals surface area contributed by atoms with Gasteiger partial charge in [0.1, 0.15) is 0 Å². The van der Waals surface area contributed by atoms with Gasteiger partial charge in [0.15, 0.2) is 0 Å². The lowest BCUT2D eigenvalue weighted by molar-refractivity contribution is 0.369. The van der Waals surface area contributed by atoms with Gasteiger partial charge in [-0.25, -0.2) is 0 Å². The van der Waals surface area contributed by atoms with E-state index in [9.17, 15) is 4.39 Å². The number of alkyl halides is 1. The van der Waals surface area contributed by atoms with E-state index in [2.05, 4.69) is 26.1 Å². The molecule has 10 heavy (non-hydrogen) atoms. The molecular formula is C8H18FN. The van der Waals surface area contributed by atoms with Crippen molar-refractivity contribution in [1.29, 1.82) is 0 Å². The fourth-order valence-corrected chi connectivity index (χ4v) is 0.655. The normalized spacial score (nSPS) is 12.0. The molecule has 0 saturated heterocycles. The highest BCUT2D eigenvalue weighted by molar-refractivity contribution is 4.64. The zero-order valence-corrected chi connectivity index (χ0v) is 7.21. The summed E-state index contributed by atoms with van der Waals surface area (Å²) in [6.45, 7) is 8.04. The van der Waals surface area contributed by atoms with Crippen LogP contribution in [0.1, 0.15) is 27.2 Å². The Kier molecular flexibility index (Phi) is 4.62. The first-order valence-corrected chi connectivity index (χ1v) is 3.83. The molecule has 0 aromatic carbocycles. The van der Waals surface area contributed by atoms with Gasteiger partial charge in [0, 0.05) is 0 Å². The van der Waals surface area contributed by atoms with Crippen LogP contribution in [0.5, 0.6) is 0 Å². The van der Waals surface area contributed by atoms with Crippen LogP contribution >= 0.6 is 0 Å². The second-order valence-corrected chi connectivity index (χ2v) is 3.78. The van der Waals surface area contributed by atoms with E-state index in [1.165, 1.54) is 0 Å². The smallest absolute Gasteiger partial charge is 0.0906 e. The molecule has 0 heterocycles. The summed E-state index contributed by atoms with van der Waals surface area (Å²) in [6, 6.07) is 0. The van der Waals surface area contributed by atoms with Crippen LogP contribution in [0.3, 0.4) is 0 Å². The molecule has 0 unspecified atom stereocenters. The van der Waals surface area contributed by atoms with E-state index < -0.39 is 0 Å². The van der Waals surface area contributed by atoms with Crippen molar-refractivity contribution in [1.82, 2.24) is 5.32 Å². The Hall–Kier alpha value is -0.110.